The van der Waals surface area contributed by atoms with Crippen molar-refractivity contribution in [3.05, 3.63) is 34.7 Å². The van der Waals surface area contributed by atoms with Gasteiger partial charge in [0.25, 0.3) is 0 Å². The first-order valence-corrected chi connectivity index (χ1v) is 10.3. The molecule has 1 saturated carbocycles. The number of rotatable bonds is 4. The van der Waals surface area contributed by atoms with Crippen LogP contribution in [0.15, 0.2) is 29.6 Å². The maximum atomic E-state index is 12.4. The highest BCUT2D eigenvalue weighted by Gasteiger charge is 2.40. The second-order valence-electron chi connectivity index (χ2n) is 6.81. The fourth-order valence-corrected chi connectivity index (χ4v) is 4.35. The largest absolute Gasteiger partial charge is 0.378 e. The molecule has 0 spiro atoms. The van der Waals surface area contributed by atoms with Crippen LogP contribution in [0.25, 0.3) is 11.3 Å². The number of anilines is 1. The molecule has 0 bridgehead atoms. The molecule has 4 rings (SSSR count). The van der Waals surface area contributed by atoms with Crippen LogP contribution < -0.4 is 5.32 Å². The zero-order valence-corrected chi connectivity index (χ0v) is 16.3. The van der Waals surface area contributed by atoms with Crippen molar-refractivity contribution in [1.29, 1.82) is 0 Å². The van der Waals surface area contributed by atoms with E-state index in [1.54, 1.807) is 0 Å². The van der Waals surface area contributed by atoms with E-state index in [9.17, 15) is 9.59 Å². The second kappa shape index (κ2) is 7.96. The average molecular weight is 406 g/mol. The number of morpholine rings is 1. The van der Waals surface area contributed by atoms with Crippen LogP contribution in [0.5, 0.6) is 0 Å². The first-order chi connectivity index (χ1) is 13.1. The van der Waals surface area contributed by atoms with Crippen LogP contribution >= 0.6 is 22.9 Å². The number of thiazole rings is 1. The summed E-state index contributed by atoms with van der Waals surface area (Å²) in [6, 6.07) is 7.48. The van der Waals surface area contributed by atoms with Gasteiger partial charge in [-0.2, -0.15) is 0 Å². The lowest BCUT2D eigenvalue weighted by Gasteiger charge is -2.37. The molecule has 2 heterocycles. The van der Waals surface area contributed by atoms with Crippen LogP contribution in [0.4, 0.5) is 5.13 Å². The molecule has 0 radical (unpaired) electrons. The summed E-state index contributed by atoms with van der Waals surface area (Å²) in [5.74, 6) is -0.0971. The lowest BCUT2D eigenvalue weighted by molar-refractivity contribution is -0.145. The average Bonchev–Trinajstić information content (AvgIpc) is 3.09. The minimum atomic E-state index is -0.132. The molecule has 142 valence electrons. The predicted molar refractivity (Wildman–Crippen MR) is 105 cm³/mol. The molecule has 1 saturated heterocycles. The minimum Gasteiger partial charge on any atom is -0.378 e. The molecule has 0 unspecified atom stereocenters. The van der Waals surface area contributed by atoms with Crippen LogP contribution in [0.2, 0.25) is 5.02 Å². The lowest BCUT2D eigenvalue weighted by Crippen LogP contribution is -2.48. The fraction of sp³-hybridized carbons (Fsp3) is 0.421. The van der Waals surface area contributed by atoms with E-state index in [1.165, 1.54) is 11.3 Å². The van der Waals surface area contributed by atoms with Crippen LogP contribution in [0.3, 0.4) is 0 Å². The van der Waals surface area contributed by atoms with Crippen LogP contribution in [0, 0.1) is 11.8 Å². The Balaban J connectivity index is 1.31. The highest BCUT2D eigenvalue weighted by atomic mass is 35.5. The Morgan fingerprint density at radius 1 is 1.19 bits per heavy atom. The number of nitrogens with zero attached hydrogens (tertiary/aromatic N) is 2. The van der Waals surface area contributed by atoms with Gasteiger partial charge in [0.05, 0.1) is 18.9 Å². The Morgan fingerprint density at radius 2 is 1.93 bits per heavy atom. The number of benzene rings is 1. The molecule has 0 atom stereocenters. The zero-order valence-electron chi connectivity index (χ0n) is 14.7. The molecule has 8 heteroatoms. The number of aromatic nitrogens is 1. The summed E-state index contributed by atoms with van der Waals surface area (Å²) < 4.78 is 5.28. The SMILES string of the molecule is O=C(Nc1nc(-c2ccccc2Cl)cs1)C1CC(C(=O)N2CCOCC2)C1. The lowest BCUT2D eigenvalue weighted by atomic mass is 9.73. The normalized spacial score (nSPS) is 22.2. The van der Waals surface area contributed by atoms with E-state index < -0.39 is 0 Å². The van der Waals surface area contributed by atoms with E-state index >= 15 is 0 Å². The Hall–Kier alpha value is -1.96. The molecule has 1 aromatic heterocycles. The van der Waals surface area contributed by atoms with E-state index in [2.05, 4.69) is 10.3 Å². The Labute approximate surface area is 166 Å². The molecular weight excluding hydrogens is 386 g/mol. The van der Waals surface area contributed by atoms with Crippen molar-refractivity contribution < 1.29 is 14.3 Å². The summed E-state index contributed by atoms with van der Waals surface area (Å²) in [6.07, 6.45) is 1.20. The van der Waals surface area contributed by atoms with E-state index in [1.807, 2.05) is 34.5 Å². The summed E-state index contributed by atoms with van der Waals surface area (Å²) in [7, 11) is 0. The fourth-order valence-electron chi connectivity index (χ4n) is 3.41. The van der Waals surface area contributed by atoms with Gasteiger partial charge < -0.3 is 15.0 Å². The van der Waals surface area contributed by atoms with Crippen molar-refractivity contribution in [3.63, 3.8) is 0 Å². The van der Waals surface area contributed by atoms with Gasteiger partial charge in [-0.1, -0.05) is 29.8 Å². The minimum absolute atomic E-state index is 0.0474. The van der Waals surface area contributed by atoms with Gasteiger partial charge in [0, 0.05) is 40.9 Å². The third-order valence-corrected chi connectivity index (χ3v) is 6.15. The number of carbonyl (C=O) groups excluding carboxylic acids is 2. The standard InChI is InChI=1S/C19H20ClN3O3S/c20-15-4-2-1-3-14(15)16-11-27-19(21-16)22-17(24)12-9-13(10-12)18(25)23-5-7-26-8-6-23/h1-4,11-13H,5-10H2,(H,21,22,24). The smallest absolute Gasteiger partial charge is 0.229 e. The van der Waals surface area contributed by atoms with Gasteiger partial charge in [-0.25, -0.2) is 4.98 Å². The van der Waals surface area contributed by atoms with E-state index in [0.29, 0.717) is 49.3 Å². The van der Waals surface area contributed by atoms with Crippen molar-refractivity contribution in [2.75, 3.05) is 31.6 Å². The molecule has 2 aromatic rings. The first-order valence-electron chi connectivity index (χ1n) is 8.99. The number of hydrogen-bond donors (Lipinski definition) is 1. The van der Waals surface area contributed by atoms with Gasteiger partial charge >= 0.3 is 0 Å². The number of hydrogen-bond acceptors (Lipinski definition) is 5. The number of carbonyl (C=O) groups is 2. The monoisotopic (exact) mass is 405 g/mol. The highest BCUT2D eigenvalue weighted by molar-refractivity contribution is 7.14. The molecule has 1 aliphatic carbocycles. The van der Waals surface area contributed by atoms with Crippen molar-refractivity contribution in [1.82, 2.24) is 9.88 Å². The summed E-state index contributed by atoms with van der Waals surface area (Å²) in [5, 5.41) is 5.93. The van der Waals surface area contributed by atoms with E-state index in [0.717, 1.165) is 11.3 Å². The summed E-state index contributed by atoms with van der Waals surface area (Å²) in [6.45, 7) is 2.49. The van der Waals surface area contributed by atoms with Crippen molar-refractivity contribution in [2.45, 2.75) is 12.8 Å². The van der Waals surface area contributed by atoms with Crippen LogP contribution in [-0.4, -0.2) is 48.0 Å². The molecule has 6 nitrogen and oxygen atoms in total. The number of amides is 2. The Morgan fingerprint density at radius 3 is 2.67 bits per heavy atom. The first kappa shape index (κ1) is 18.4. The predicted octanol–water partition coefficient (Wildman–Crippen LogP) is 3.29. The van der Waals surface area contributed by atoms with Gasteiger partial charge in [0.2, 0.25) is 11.8 Å². The second-order valence-corrected chi connectivity index (χ2v) is 8.08. The summed E-state index contributed by atoms with van der Waals surface area (Å²) in [4.78, 5) is 31.2. The molecule has 1 aromatic carbocycles. The molecule has 1 N–H and O–H groups in total. The van der Waals surface area contributed by atoms with Crippen LogP contribution in [-0.2, 0) is 14.3 Å². The molecule has 27 heavy (non-hydrogen) atoms. The van der Waals surface area contributed by atoms with Crippen LogP contribution in [0.1, 0.15) is 12.8 Å². The molecule has 1 aliphatic heterocycles. The van der Waals surface area contributed by atoms with Crippen molar-refractivity contribution >= 4 is 39.9 Å². The molecule has 2 fully saturated rings. The van der Waals surface area contributed by atoms with E-state index in [-0.39, 0.29) is 23.7 Å². The molecule has 2 aliphatic rings. The van der Waals surface area contributed by atoms with Crippen molar-refractivity contribution in [3.8, 4) is 11.3 Å². The third-order valence-electron chi connectivity index (χ3n) is 5.06. The maximum Gasteiger partial charge on any atom is 0.229 e. The van der Waals surface area contributed by atoms with Gasteiger partial charge in [0.15, 0.2) is 5.13 Å². The quantitative estimate of drug-likeness (QED) is 0.847. The van der Waals surface area contributed by atoms with Gasteiger partial charge in [-0.3, -0.25) is 9.59 Å². The Bertz CT molecular complexity index is 844. The van der Waals surface area contributed by atoms with E-state index in [4.69, 9.17) is 16.3 Å². The topological polar surface area (TPSA) is 71.5 Å². The van der Waals surface area contributed by atoms with Gasteiger partial charge in [0.1, 0.15) is 0 Å². The van der Waals surface area contributed by atoms with Crippen molar-refractivity contribution in [2.24, 2.45) is 11.8 Å². The zero-order chi connectivity index (χ0) is 18.8. The summed E-state index contributed by atoms with van der Waals surface area (Å²) >= 11 is 7.57. The Kier molecular flexibility index (Phi) is 5.43. The molecular formula is C19H20ClN3O3S. The van der Waals surface area contributed by atoms with Gasteiger partial charge in [-0.05, 0) is 18.9 Å². The highest BCUT2D eigenvalue weighted by Crippen LogP contribution is 2.37. The number of halogens is 1. The third kappa shape index (κ3) is 4.00. The number of nitrogens with one attached hydrogen (secondary N) is 1. The van der Waals surface area contributed by atoms with Gasteiger partial charge in [-0.15, -0.1) is 11.3 Å². The summed E-state index contributed by atoms with van der Waals surface area (Å²) in [5.41, 5.74) is 1.59. The number of ether oxygens (including phenoxy) is 1. The molecule has 2 amide bonds. The maximum absolute atomic E-state index is 12.4.